The Bertz CT molecular complexity index is 492. The van der Waals surface area contributed by atoms with Gasteiger partial charge in [0.25, 0.3) is 0 Å². The van der Waals surface area contributed by atoms with Gasteiger partial charge in [-0.25, -0.2) is 0 Å². The molecule has 0 aromatic heterocycles. The molecule has 0 spiro atoms. The lowest BCUT2D eigenvalue weighted by Crippen LogP contribution is -2.04. The Morgan fingerprint density at radius 3 is 2.44 bits per heavy atom. The minimum absolute atomic E-state index is 0.769. The predicted octanol–water partition coefficient (Wildman–Crippen LogP) is 3.98. The number of benzene rings is 2. The van der Waals surface area contributed by atoms with Crippen LogP contribution in [0.4, 0.5) is 5.69 Å². The van der Waals surface area contributed by atoms with Gasteiger partial charge in [0, 0.05) is 22.9 Å². The lowest BCUT2D eigenvalue weighted by Gasteiger charge is -2.02. The van der Waals surface area contributed by atoms with Crippen LogP contribution >= 0.6 is 15.9 Å². The SMILES string of the molecule is Brc1ccc(C=NCCNc2ccccc2)cc1. The Hall–Kier alpha value is -1.61. The molecule has 2 nitrogen and oxygen atoms in total. The molecular weight excluding hydrogens is 288 g/mol. The van der Waals surface area contributed by atoms with Gasteiger partial charge in [0.15, 0.2) is 0 Å². The van der Waals surface area contributed by atoms with Gasteiger partial charge in [0.05, 0.1) is 6.54 Å². The van der Waals surface area contributed by atoms with E-state index in [0.717, 1.165) is 28.8 Å². The van der Waals surface area contributed by atoms with E-state index in [1.54, 1.807) is 0 Å². The highest BCUT2D eigenvalue weighted by molar-refractivity contribution is 9.10. The average molecular weight is 303 g/mol. The molecule has 3 heteroatoms. The largest absolute Gasteiger partial charge is 0.383 e. The summed E-state index contributed by atoms with van der Waals surface area (Å²) < 4.78 is 1.09. The second kappa shape index (κ2) is 6.97. The third-order valence-electron chi connectivity index (χ3n) is 2.45. The predicted molar refractivity (Wildman–Crippen MR) is 81.5 cm³/mol. The van der Waals surface area contributed by atoms with Crippen LogP contribution in [0.5, 0.6) is 0 Å². The standard InChI is InChI=1S/C15H15BrN2/c16-14-8-6-13(7-9-14)12-17-10-11-18-15-4-2-1-3-5-15/h1-9,12,18H,10-11H2. The Morgan fingerprint density at radius 2 is 1.72 bits per heavy atom. The van der Waals surface area contributed by atoms with Crippen molar-refractivity contribution in [1.82, 2.24) is 0 Å². The number of rotatable bonds is 5. The van der Waals surface area contributed by atoms with E-state index < -0.39 is 0 Å². The van der Waals surface area contributed by atoms with Crippen molar-refractivity contribution in [2.24, 2.45) is 4.99 Å². The first-order valence-electron chi connectivity index (χ1n) is 5.89. The molecule has 0 aliphatic rings. The number of para-hydroxylation sites is 1. The van der Waals surface area contributed by atoms with E-state index in [-0.39, 0.29) is 0 Å². The van der Waals surface area contributed by atoms with Crippen LogP contribution in [0.1, 0.15) is 5.56 Å². The van der Waals surface area contributed by atoms with Crippen LogP contribution < -0.4 is 5.32 Å². The van der Waals surface area contributed by atoms with Gasteiger partial charge in [-0.2, -0.15) is 0 Å². The van der Waals surface area contributed by atoms with Crippen LogP contribution in [0.15, 0.2) is 64.1 Å². The second-order valence-corrected chi connectivity index (χ2v) is 4.80. The molecule has 2 rings (SSSR count). The van der Waals surface area contributed by atoms with Crippen molar-refractivity contribution in [3.8, 4) is 0 Å². The number of nitrogens with one attached hydrogen (secondary N) is 1. The summed E-state index contributed by atoms with van der Waals surface area (Å²) >= 11 is 3.41. The Morgan fingerprint density at radius 1 is 1.00 bits per heavy atom. The fourth-order valence-electron chi connectivity index (χ4n) is 1.54. The molecule has 2 aromatic carbocycles. The van der Waals surface area contributed by atoms with Crippen molar-refractivity contribution in [3.63, 3.8) is 0 Å². The highest BCUT2D eigenvalue weighted by atomic mass is 79.9. The van der Waals surface area contributed by atoms with E-state index in [2.05, 4.69) is 38.4 Å². The molecule has 1 N–H and O–H groups in total. The van der Waals surface area contributed by atoms with Crippen molar-refractivity contribution in [3.05, 3.63) is 64.6 Å². The molecular formula is C15H15BrN2. The number of hydrogen-bond donors (Lipinski definition) is 1. The number of hydrogen-bond acceptors (Lipinski definition) is 2. The third-order valence-corrected chi connectivity index (χ3v) is 2.98. The highest BCUT2D eigenvalue weighted by Crippen LogP contribution is 2.09. The Balaban J connectivity index is 1.74. The van der Waals surface area contributed by atoms with Crippen molar-refractivity contribution in [2.45, 2.75) is 0 Å². The van der Waals surface area contributed by atoms with Gasteiger partial charge in [-0.05, 0) is 29.8 Å². The van der Waals surface area contributed by atoms with Crippen LogP contribution in [-0.4, -0.2) is 19.3 Å². The molecule has 0 amide bonds. The van der Waals surface area contributed by atoms with Crippen LogP contribution in [0, 0.1) is 0 Å². The number of nitrogens with zero attached hydrogens (tertiary/aromatic N) is 1. The summed E-state index contributed by atoms with van der Waals surface area (Å²) in [6.45, 7) is 1.61. The van der Waals surface area contributed by atoms with Crippen molar-refractivity contribution < 1.29 is 0 Å². The summed E-state index contributed by atoms with van der Waals surface area (Å²) in [7, 11) is 0. The van der Waals surface area contributed by atoms with Gasteiger partial charge in [-0.15, -0.1) is 0 Å². The van der Waals surface area contributed by atoms with Gasteiger partial charge in [-0.1, -0.05) is 46.3 Å². The van der Waals surface area contributed by atoms with E-state index in [0.29, 0.717) is 0 Å². The maximum Gasteiger partial charge on any atom is 0.0562 e. The summed E-state index contributed by atoms with van der Waals surface area (Å²) in [5.41, 5.74) is 2.26. The zero-order valence-corrected chi connectivity index (χ0v) is 11.6. The zero-order chi connectivity index (χ0) is 12.6. The normalized spacial score (nSPS) is 10.7. The second-order valence-electron chi connectivity index (χ2n) is 3.88. The summed E-state index contributed by atoms with van der Waals surface area (Å²) in [4.78, 5) is 4.38. The smallest absolute Gasteiger partial charge is 0.0562 e. The van der Waals surface area contributed by atoms with Crippen molar-refractivity contribution in [2.75, 3.05) is 18.4 Å². The Kier molecular flexibility index (Phi) is 4.97. The maximum absolute atomic E-state index is 4.38. The van der Waals surface area contributed by atoms with Crippen LogP contribution in [0.2, 0.25) is 0 Å². The lowest BCUT2D eigenvalue weighted by molar-refractivity contribution is 1.03. The topological polar surface area (TPSA) is 24.4 Å². The molecule has 0 atom stereocenters. The van der Waals surface area contributed by atoms with Crippen LogP contribution in [0.3, 0.4) is 0 Å². The number of aliphatic imine (C=N–C) groups is 1. The van der Waals surface area contributed by atoms with Crippen molar-refractivity contribution in [1.29, 1.82) is 0 Å². The van der Waals surface area contributed by atoms with Crippen molar-refractivity contribution >= 4 is 27.8 Å². The quantitative estimate of drug-likeness (QED) is 0.656. The summed E-state index contributed by atoms with van der Waals surface area (Å²) in [6, 6.07) is 18.3. The van der Waals surface area contributed by atoms with E-state index in [9.17, 15) is 0 Å². The fraction of sp³-hybridized carbons (Fsp3) is 0.133. The average Bonchev–Trinajstić information content (AvgIpc) is 2.42. The van der Waals surface area contributed by atoms with Crippen LogP contribution in [-0.2, 0) is 0 Å². The fourth-order valence-corrected chi connectivity index (χ4v) is 1.80. The minimum atomic E-state index is 0.769. The first-order chi connectivity index (χ1) is 8.84. The molecule has 0 bridgehead atoms. The lowest BCUT2D eigenvalue weighted by atomic mass is 10.2. The molecule has 0 fully saturated rings. The highest BCUT2D eigenvalue weighted by Gasteiger charge is 1.89. The van der Waals surface area contributed by atoms with Gasteiger partial charge >= 0.3 is 0 Å². The maximum atomic E-state index is 4.38. The molecule has 2 aromatic rings. The summed E-state index contributed by atoms with van der Waals surface area (Å²) in [5, 5.41) is 3.32. The summed E-state index contributed by atoms with van der Waals surface area (Å²) in [6.07, 6.45) is 1.90. The molecule has 18 heavy (non-hydrogen) atoms. The molecule has 92 valence electrons. The van der Waals surface area contributed by atoms with Gasteiger partial charge in [0.1, 0.15) is 0 Å². The van der Waals surface area contributed by atoms with E-state index in [1.165, 1.54) is 0 Å². The first kappa shape index (κ1) is 12.8. The summed E-state index contributed by atoms with van der Waals surface area (Å²) in [5.74, 6) is 0. The molecule has 0 aliphatic carbocycles. The number of halogens is 1. The van der Waals surface area contributed by atoms with Gasteiger partial charge in [-0.3, -0.25) is 4.99 Å². The van der Waals surface area contributed by atoms with E-state index in [1.807, 2.05) is 48.7 Å². The van der Waals surface area contributed by atoms with E-state index in [4.69, 9.17) is 0 Å². The van der Waals surface area contributed by atoms with Gasteiger partial charge < -0.3 is 5.32 Å². The van der Waals surface area contributed by atoms with Crippen LogP contribution in [0.25, 0.3) is 0 Å². The van der Waals surface area contributed by atoms with Gasteiger partial charge in [0.2, 0.25) is 0 Å². The zero-order valence-electron chi connectivity index (χ0n) is 10.0. The monoisotopic (exact) mass is 302 g/mol. The van der Waals surface area contributed by atoms with E-state index >= 15 is 0 Å². The molecule has 0 unspecified atom stereocenters. The molecule has 0 aliphatic heterocycles. The molecule has 0 heterocycles. The molecule has 0 saturated carbocycles. The molecule has 0 radical (unpaired) electrons. The Labute approximate surface area is 116 Å². The number of anilines is 1. The minimum Gasteiger partial charge on any atom is -0.383 e. The first-order valence-corrected chi connectivity index (χ1v) is 6.68. The third kappa shape index (κ3) is 4.34. The molecule has 0 saturated heterocycles.